The van der Waals surface area contributed by atoms with E-state index < -0.39 is 10.0 Å². The highest BCUT2D eigenvalue weighted by Crippen LogP contribution is 2.09. The molecule has 0 fully saturated rings. The van der Waals surface area contributed by atoms with Crippen LogP contribution in [0.5, 0.6) is 0 Å². The predicted molar refractivity (Wildman–Crippen MR) is 106 cm³/mol. The molecule has 0 bridgehead atoms. The number of hydrogen-bond donors (Lipinski definition) is 3. The zero-order valence-corrected chi connectivity index (χ0v) is 16.1. The van der Waals surface area contributed by atoms with E-state index >= 15 is 0 Å². The van der Waals surface area contributed by atoms with Gasteiger partial charge in [-0.25, -0.2) is 13.1 Å². The fraction of sp³-hybridized carbons (Fsp3) is 0.278. The van der Waals surface area contributed by atoms with Gasteiger partial charge in [-0.15, -0.1) is 12.4 Å². The molecule has 0 radical (unpaired) electrons. The maximum Gasteiger partial charge on any atom is 0.251 e. The lowest BCUT2D eigenvalue weighted by Crippen LogP contribution is -2.31. The lowest BCUT2D eigenvalue weighted by atomic mass is 10.1. The minimum absolute atomic E-state index is 0. The molecule has 142 valence electrons. The highest BCUT2D eigenvalue weighted by Gasteiger charge is 2.10. The maximum absolute atomic E-state index is 12.2. The van der Waals surface area contributed by atoms with Gasteiger partial charge in [0.05, 0.1) is 5.75 Å². The minimum Gasteiger partial charge on any atom is -0.350 e. The van der Waals surface area contributed by atoms with E-state index in [4.69, 9.17) is 5.73 Å². The van der Waals surface area contributed by atoms with Crippen LogP contribution >= 0.6 is 12.4 Å². The molecule has 1 atom stereocenters. The first-order chi connectivity index (χ1) is 11.9. The fourth-order valence-electron chi connectivity index (χ4n) is 2.19. The molecule has 0 aliphatic carbocycles. The molecule has 6 nitrogen and oxygen atoms in total. The first-order valence-corrected chi connectivity index (χ1v) is 9.71. The summed E-state index contributed by atoms with van der Waals surface area (Å²) in [6, 6.07) is 16.1. The molecule has 2 aromatic rings. The Morgan fingerprint density at radius 1 is 1.08 bits per heavy atom. The van der Waals surface area contributed by atoms with Crippen LogP contribution in [0.2, 0.25) is 0 Å². The number of amides is 1. The largest absolute Gasteiger partial charge is 0.350 e. The van der Waals surface area contributed by atoms with Gasteiger partial charge in [-0.3, -0.25) is 4.79 Å². The molecule has 1 amide bonds. The summed E-state index contributed by atoms with van der Waals surface area (Å²) in [4.78, 5) is 12.2. The Hall–Kier alpha value is -1.93. The number of hydrogen-bond acceptors (Lipinski definition) is 4. The van der Waals surface area contributed by atoms with Gasteiger partial charge in [-0.2, -0.15) is 0 Å². The predicted octanol–water partition coefficient (Wildman–Crippen LogP) is 1.98. The zero-order valence-electron chi connectivity index (χ0n) is 14.5. The quantitative estimate of drug-likeness (QED) is 0.633. The van der Waals surface area contributed by atoms with E-state index in [1.807, 2.05) is 30.3 Å². The molecule has 2 aromatic carbocycles. The second kappa shape index (κ2) is 10.3. The van der Waals surface area contributed by atoms with E-state index in [1.165, 1.54) is 0 Å². The molecule has 0 aliphatic heterocycles. The van der Waals surface area contributed by atoms with Gasteiger partial charge in [0.15, 0.2) is 0 Å². The van der Waals surface area contributed by atoms with Crippen molar-refractivity contribution in [3.05, 3.63) is 71.3 Å². The number of carbonyl (C=O) groups is 1. The van der Waals surface area contributed by atoms with Crippen LogP contribution in [0.15, 0.2) is 54.6 Å². The molecule has 2 rings (SSSR count). The zero-order chi connectivity index (χ0) is 18.3. The summed E-state index contributed by atoms with van der Waals surface area (Å²) in [6.07, 6.45) is 0. The fourth-order valence-corrected chi connectivity index (χ4v) is 2.78. The van der Waals surface area contributed by atoms with Crippen molar-refractivity contribution in [3.8, 4) is 0 Å². The van der Waals surface area contributed by atoms with Gasteiger partial charge in [0.25, 0.3) is 5.91 Å². The second-order valence-electron chi connectivity index (χ2n) is 5.65. The molecular weight excluding hydrogens is 374 g/mol. The third-order valence-electron chi connectivity index (χ3n) is 3.80. The van der Waals surface area contributed by atoms with E-state index in [0.29, 0.717) is 12.1 Å². The molecule has 0 heterocycles. The third kappa shape index (κ3) is 6.76. The van der Waals surface area contributed by atoms with Crippen LogP contribution in [0.3, 0.4) is 0 Å². The lowest BCUT2D eigenvalue weighted by molar-refractivity contribution is 0.0951. The Morgan fingerprint density at radius 3 is 2.27 bits per heavy atom. The van der Waals surface area contributed by atoms with E-state index in [9.17, 15) is 13.2 Å². The van der Waals surface area contributed by atoms with Crippen molar-refractivity contribution in [2.24, 2.45) is 5.73 Å². The Kier molecular flexibility index (Phi) is 8.74. The number of sulfonamides is 1. The summed E-state index contributed by atoms with van der Waals surface area (Å²) in [6.45, 7) is 2.12. The number of carbonyl (C=O) groups excluding carboxylic acids is 1. The first-order valence-electron chi connectivity index (χ1n) is 8.06. The molecule has 0 aromatic heterocycles. The molecule has 0 aliphatic rings. The summed E-state index contributed by atoms with van der Waals surface area (Å²) < 4.78 is 25.3. The molecule has 0 saturated carbocycles. The number of nitrogens with two attached hydrogens (primary N) is 1. The van der Waals surface area contributed by atoms with Crippen molar-refractivity contribution in [3.63, 3.8) is 0 Å². The van der Waals surface area contributed by atoms with E-state index in [-0.39, 0.29) is 36.7 Å². The summed E-state index contributed by atoms with van der Waals surface area (Å²) in [5.74, 6) is -0.179. The first kappa shape index (κ1) is 22.1. The SMILES string of the molecule is CCS(=O)(=O)NCc1ccc(C(=O)NCC(N)c2ccccc2)cc1.Cl. The van der Waals surface area contributed by atoms with Crippen molar-refractivity contribution in [2.45, 2.75) is 19.5 Å². The lowest BCUT2D eigenvalue weighted by Gasteiger charge is -2.13. The van der Waals surface area contributed by atoms with Gasteiger partial charge in [0.2, 0.25) is 10.0 Å². The van der Waals surface area contributed by atoms with Gasteiger partial charge in [0.1, 0.15) is 0 Å². The smallest absolute Gasteiger partial charge is 0.251 e. The highest BCUT2D eigenvalue weighted by atomic mass is 35.5. The molecule has 0 saturated heterocycles. The molecular formula is C18H24ClN3O3S. The summed E-state index contributed by atoms with van der Waals surface area (Å²) in [5, 5.41) is 2.81. The average Bonchev–Trinajstić information content (AvgIpc) is 2.65. The van der Waals surface area contributed by atoms with Crippen LogP contribution in [-0.4, -0.2) is 26.6 Å². The van der Waals surface area contributed by atoms with Crippen molar-refractivity contribution in [1.29, 1.82) is 0 Å². The minimum atomic E-state index is -3.23. The number of benzene rings is 2. The van der Waals surface area contributed by atoms with Crippen molar-refractivity contribution >= 4 is 28.3 Å². The summed E-state index contributed by atoms with van der Waals surface area (Å²) >= 11 is 0. The molecule has 4 N–H and O–H groups in total. The third-order valence-corrected chi connectivity index (χ3v) is 5.15. The van der Waals surface area contributed by atoms with E-state index in [0.717, 1.165) is 11.1 Å². The Balaban J connectivity index is 0.00000338. The van der Waals surface area contributed by atoms with Gasteiger partial charge in [-0.1, -0.05) is 42.5 Å². The second-order valence-corrected chi connectivity index (χ2v) is 7.74. The molecule has 8 heteroatoms. The maximum atomic E-state index is 12.2. The van der Waals surface area contributed by atoms with E-state index in [1.54, 1.807) is 31.2 Å². The van der Waals surface area contributed by atoms with Crippen LogP contribution in [0, 0.1) is 0 Å². The van der Waals surface area contributed by atoms with Gasteiger partial charge < -0.3 is 11.1 Å². The number of nitrogens with one attached hydrogen (secondary N) is 2. The van der Waals surface area contributed by atoms with Gasteiger partial charge in [-0.05, 0) is 30.2 Å². The number of rotatable bonds is 8. The monoisotopic (exact) mass is 397 g/mol. The molecule has 26 heavy (non-hydrogen) atoms. The van der Waals surface area contributed by atoms with Crippen molar-refractivity contribution in [2.75, 3.05) is 12.3 Å². The standard InChI is InChI=1S/C18H23N3O3S.ClH/c1-2-25(23,24)21-12-14-8-10-16(11-9-14)18(22)20-13-17(19)15-6-4-3-5-7-15;/h3-11,17,21H,2,12-13,19H2,1H3,(H,20,22);1H. The van der Waals surface area contributed by atoms with E-state index in [2.05, 4.69) is 10.0 Å². The normalized spacial score (nSPS) is 12.1. The Bertz CT molecular complexity index is 796. The Morgan fingerprint density at radius 2 is 1.69 bits per heavy atom. The molecule has 1 unspecified atom stereocenters. The number of halogens is 1. The van der Waals surface area contributed by atoms with Crippen LogP contribution in [0.25, 0.3) is 0 Å². The Labute approximate surface area is 160 Å². The van der Waals surface area contributed by atoms with Crippen LogP contribution in [0.4, 0.5) is 0 Å². The van der Waals surface area contributed by atoms with Crippen LogP contribution < -0.4 is 15.8 Å². The van der Waals surface area contributed by atoms with Crippen LogP contribution in [0.1, 0.15) is 34.5 Å². The summed E-state index contributed by atoms with van der Waals surface area (Å²) in [5.41, 5.74) is 8.31. The topological polar surface area (TPSA) is 101 Å². The van der Waals surface area contributed by atoms with Crippen LogP contribution in [-0.2, 0) is 16.6 Å². The van der Waals surface area contributed by atoms with Crippen molar-refractivity contribution < 1.29 is 13.2 Å². The average molecular weight is 398 g/mol. The van der Waals surface area contributed by atoms with Gasteiger partial charge >= 0.3 is 0 Å². The van der Waals surface area contributed by atoms with Gasteiger partial charge in [0, 0.05) is 24.7 Å². The summed E-state index contributed by atoms with van der Waals surface area (Å²) in [7, 11) is -3.23. The van der Waals surface area contributed by atoms with Crippen molar-refractivity contribution in [1.82, 2.24) is 10.0 Å². The highest BCUT2D eigenvalue weighted by molar-refractivity contribution is 7.89. The molecule has 0 spiro atoms.